The molecule has 8 nitrogen and oxygen atoms in total. The summed E-state index contributed by atoms with van der Waals surface area (Å²) >= 11 is 0. The van der Waals surface area contributed by atoms with E-state index >= 15 is 0 Å². The van der Waals surface area contributed by atoms with E-state index in [1.165, 1.54) is 0 Å². The van der Waals surface area contributed by atoms with Gasteiger partial charge in [-0.05, 0) is 81.7 Å². The van der Waals surface area contributed by atoms with E-state index in [0.29, 0.717) is 41.0 Å². The summed E-state index contributed by atoms with van der Waals surface area (Å²) < 4.78 is 0. The molecule has 1 saturated carbocycles. The second kappa shape index (κ2) is 9.91. The molecule has 3 atom stereocenters. The van der Waals surface area contributed by atoms with Crippen molar-refractivity contribution in [1.29, 1.82) is 0 Å². The molecule has 190 valence electrons. The Morgan fingerprint density at radius 3 is 2.36 bits per heavy atom. The zero-order chi connectivity index (χ0) is 25.4. The van der Waals surface area contributed by atoms with Crippen LogP contribution in [0.3, 0.4) is 0 Å². The molecular formula is C28H35N5O3. The lowest BCUT2D eigenvalue weighted by Crippen LogP contribution is -2.50. The van der Waals surface area contributed by atoms with E-state index in [2.05, 4.69) is 20.5 Å². The van der Waals surface area contributed by atoms with Gasteiger partial charge >= 0.3 is 0 Å². The number of amides is 2. The van der Waals surface area contributed by atoms with Crippen LogP contribution in [0.15, 0.2) is 30.5 Å². The summed E-state index contributed by atoms with van der Waals surface area (Å²) in [6.45, 7) is 4.56. The van der Waals surface area contributed by atoms with E-state index in [1.807, 2.05) is 26.0 Å². The number of Topliss-reactive ketones (excluding diaryl/α,β-unsaturated/α-hetero) is 1. The van der Waals surface area contributed by atoms with E-state index in [9.17, 15) is 14.4 Å². The summed E-state index contributed by atoms with van der Waals surface area (Å²) in [7, 11) is 0. The van der Waals surface area contributed by atoms with E-state index < -0.39 is 5.91 Å². The molecule has 2 saturated heterocycles. The van der Waals surface area contributed by atoms with Gasteiger partial charge in [-0.2, -0.15) is 0 Å². The van der Waals surface area contributed by atoms with Gasteiger partial charge in [-0.1, -0.05) is 6.92 Å². The molecular weight excluding hydrogens is 454 g/mol. The maximum Gasteiger partial charge on any atom is 0.251 e. The van der Waals surface area contributed by atoms with Crippen LogP contribution in [-0.2, 0) is 0 Å². The third-order valence-electron chi connectivity index (χ3n) is 7.75. The van der Waals surface area contributed by atoms with Crippen LogP contribution < -0.4 is 21.3 Å². The van der Waals surface area contributed by atoms with Gasteiger partial charge in [0.25, 0.3) is 11.8 Å². The van der Waals surface area contributed by atoms with Crippen molar-refractivity contribution < 1.29 is 14.4 Å². The molecule has 1 aliphatic carbocycles. The number of ketones is 1. The molecule has 0 spiro atoms. The minimum atomic E-state index is -0.508. The highest BCUT2D eigenvalue weighted by molar-refractivity contribution is 6.03. The van der Waals surface area contributed by atoms with Crippen LogP contribution >= 0.6 is 0 Å². The minimum absolute atomic E-state index is 0.0734. The third kappa shape index (κ3) is 4.81. The van der Waals surface area contributed by atoms with Crippen LogP contribution in [0.5, 0.6) is 0 Å². The molecule has 0 radical (unpaired) electrons. The number of rotatable bonds is 9. The zero-order valence-electron chi connectivity index (χ0n) is 21.0. The first-order valence-corrected chi connectivity index (χ1v) is 13.1. The molecule has 3 aliphatic rings. The van der Waals surface area contributed by atoms with Crippen LogP contribution in [0, 0.1) is 12.8 Å². The molecule has 3 fully saturated rings. The average Bonchev–Trinajstić information content (AvgIpc) is 3.67. The summed E-state index contributed by atoms with van der Waals surface area (Å²) in [5.74, 6) is 0.699. The zero-order valence-corrected chi connectivity index (χ0v) is 21.0. The maximum absolute atomic E-state index is 13.3. The SMILES string of the molecule is CCCNc1cc(C(=O)NC2C[C@H]3CC[C@@H](C2)N3c2ccc(C(=O)C3CC3)cn2)c(C)cc1C(N)=O. The highest BCUT2D eigenvalue weighted by atomic mass is 16.2. The number of aryl methyl sites for hydroxylation is 1. The number of hydrogen-bond acceptors (Lipinski definition) is 6. The average molecular weight is 490 g/mol. The van der Waals surface area contributed by atoms with Crippen LogP contribution in [0.4, 0.5) is 11.5 Å². The van der Waals surface area contributed by atoms with E-state index in [4.69, 9.17) is 5.73 Å². The number of benzene rings is 1. The van der Waals surface area contributed by atoms with Gasteiger partial charge in [0.05, 0.1) is 5.56 Å². The molecule has 1 aromatic heterocycles. The molecule has 2 aliphatic heterocycles. The molecule has 2 bridgehead atoms. The number of aromatic nitrogens is 1. The van der Waals surface area contributed by atoms with Gasteiger partial charge in [0.1, 0.15) is 5.82 Å². The molecule has 36 heavy (non-hydrogen) atoms. The lowest BCUT2D eigenvalue weighted by molar-refractivity contribution is 0.0923. The van der Waals surface area contributed by atoms with Crippen molar-refractivity contribution in [2.75, 3.05) is 16.8 Å². The van der Waals surface area contributed by atoms with Crippen molar-refractivity contribution in [1.82, 2.24) is 10.3 Å². The van der Waals surface area contributed by atoms with Crippen LogP contribution in [0.1, 0.15) is 88.5 Å². The number of primary amides is 1. The lowest BCUT2D eigenvalue weighted by atomic mass is 9.95. The van der Waals surface area contributed by atoms with Crippen LogP contribution in [-0.4, -0.2) is 47.3 Å². The minimum Gasteiger partial charge on any atom is -0.384 e. The van der Waals surface area contributed by atoms with Gasteiger partial charge in [-0.25, -0.2) is 4.98 Å². The van der Waals surface area contributed by atoms with Crippen molar-refractivity contribution >= 4 is 29.1 Å². The van der Waals surface area contributed by atoms with Gasteiger partial charge in [0.15, 0.2) is 5.78 Å². The smallest absolute Gasteiger partial charge is 0.251 e. The molecule has 3 heterocycles. The van der Waals surface area contributed by atoms with Crippen molar-refractivity contribution in [3.63, 3.8) is 0 Å². The Morgan fingerprint density at radius 1 is 1.06 bits per heavy atom. The summed E-state index contributed by atoms with van der Waals surface area (Å²) in [5, 5.41) is 6.47. The number of carbonyl (C=O) groups is 3. The monoisotopic (exact) mass is 489 g/mol. The normalized spacial score (nSPS) is 22.8. The van der Waals surface area contributed by atoms with E-state index in [0.717, 1.165) is 56.3 Å². The van der Waals surface area contributed by atoms with Gasteiger partial charge in [-0.15, -0.1) is 0 Å². The Morgan fingerprint density at radius 2 is 1.78 bits per heavy atom. The van der Waals surface area contributed by atoms with Crippen molar-refractivity contribution in [2.45, 2.75) is 76.9 Å². The number of nitrogens with zero attached hydrogens (tertiary/aromatic N) is 2. The fourth-order valence-corrected chi connectivity index (χ4v) is 5.76. The molecule has 1 unspecified atom stereocenters. The first-order chi connectivity index (χ1) is 17.4. The first kappa shape index (κ1) is 24.3. The number of piperidine rings is 1. The lowest BCUT2D eigenvalue weighted by Gasteiger charge is -2.40. The molecule has 1 aromatic carbocycles. The number of pyridine rings is 1. The topological polar surface area (TPSA) is 117 Å². The Balaban J connectivity index is 1.26. The quantitative estimate of drug-likeness (QED) is 0.461. The first-order valence-electron chi connectivity index (χ1n) is 13.1. The predicted molar refractivity (Wildman–Crippen MR) is 140 cm³/mol. The van der Waals surface area contributed by atoms with Crippen molar-refractivity contribution in [3.05, 3.63) is 52.7 Å². The number of nitrogens with two attached hydrogens (primary N) is 1. The molecule has 2 amide bonds. The summed E-state index contributed by atoms with van der Waals surface area (Å²) in [5.41, 5.74) is 8.57. The molecule has 8 heteroatoms. The van der Waals surface area contributed by atoms with Crippen LogP contribution in [0.25, 0.3) is 0 Å². The Kier molecular flexibility index (Phi) is 6.69. The van der Waals surface area contributed by atoms with Crippen molar-refractivity contribution in [2.24, 2.45) is 11.7 Å². The number of fused-ring (bicyclic) bond motifs is 2. The molecule has 4 N–H and O–H groups in total. The highest BCUT2D eigenvalue weighted by Crippen LogP contribution is 2.39. The van der Waals surface area contributed by atoms with Gasteiger partial charge in [0, 0.05) is 53.6 Å². The van der Waals surface area contributed by atoms with Crippen LogP contribution in [0.2, 0.25) is 0 Å². The summed E-state index contributed by atoms with van der Waals surface area (Å²) in [6.07, 6.45) is 8.45. The fourth-order valence-electron chi connectivity index (χ4n) is 5.76. The van der Waals surface area contributed by atoms with E-state index in [1.54, 1.807) is 18.3 Å². The van der Waals surface area contributed by atoms with E-state index in [-0.39, 0.29) is 23.7 Å². The third-order valence-corrected chi connectivity index (χ3v) is 7.75. The van der Waals surface area contributed by atoms with Gasteiger partial charge in [0.2, 0.25) is 0 Å². The Labute approximate surface area is 212 Å². The number of anilines is 2. The number of hydrogen-bond donors (Lipinski definition) is 3. The van der Waals surface area contributed by atoms with Gasteiger partial charge in [-0.3, -0.25) is 14.4 Å². The summed E-state index contributed by atoms with van der Waals surface area (Å²) in [4.78, 5) is 44.5. The fraction of sp³-hybridized carbons (Fsp3) is 0.500. The predicted octanol–water partition coefficient (Wildman–Crippen LogP) is 3.83. The highest BCUT2D eigenvalue weighted by Gasteiger charge is 2.42. The Bertz CT molecular complexity index is 1160. The second-order valence-electron chi connectivity index (χ2n) is 10.5. The number of carbonyl (C=O) groups excluding carboxylic acids is 3. The number of nitrogens with one attached hydrogen (secondary N) is 2. The summed E-state index contributed by atoms with van der Waals surface area (Å²) in [6, 6.07) is 8.04. The largest absolute Gasteiger partial charge is 0.384 e. The second-order valence-corrected chi connectivity index (χ2v) is 10.5. The molecule has 2 aromatic rings. The standard InChI is InChI=1S/C28H35N5O3/c1-3-10-30-24-14-22(16(2)11-23(24)27(29)35)28(36)32-19-12-20-7-8-21(13-19)33(20)25-9-6-18(15-31-25)26(34)17-4-5-17/h6,9,11,14-15,17,19-21,30H,3-5,7-8,10,12-13H2,1-2H3,(H2,29,35)(H,32,36)/t19?,20-,21+. The Hall–Kier alpha value is -3.42. The van der Waals surface area contributed by atoms with Crippen molar-refractivity contribution in [3.8, 4) is 0 Å². The molecule has 5 rings (SSSR count). The maximum atomic E-state index is 13.3. The van der Waals surface area contributed by atoms with Gasteiger partial charge < -0.3 is 21.3 Å².